The van der Waals surface area contributed by atoms with Gasteiger partial charge in [0.15, 0.2) is 0 Å². The van der Waals surface area contributed by atoms with Crippen LogP contribution in [-0.2, 0) is 23.9 Å². The lowest BCUT2D eigenvalue weighted by Gasteiger charge is -2.32. The average molecular weight is 891 g/mol. The molecule has 0 spiro atoms. The van der Waals surface area contributed by atoms with Crippen molar-refractivity contribution in [3.63, 3.8) is 0 Å². The second-order valence-electron chi connectivity index (χ2n) is 19.7. The molecule has 0 aromatic carbocycles. The lowest BCUT2D eigenvalue weighted by atomic mass is 9.94. The molecule has 0 fully saturated rings. The highest BCUT2D eigenvalue weighted by atomic mass is 16.5. The van der Waals surface area contributed by atoms with Gasteiger partial charge in [-0.15, -0.1) is 0 Å². The van der Waals surface area contributed by atoms with Crippen molar-refractivity contribution in [2.24, 2.45) is 11.8 Å². The van der Waals surface area contributed by atoms with Crippen LogP contribution >= 0.6 is 0 Å². The number of hydrogen-bond donors (Lipinski definition) is 0. The molecule has 0 rings (SSSR count). The zero-order chi connectivity index (χ0) is 46.3. The van der Waals surface area contributed by atoms with Crippen molar-refractivity contribution in [2.45, 2.75) is 317 Å². The maximum Gasteiger partial charge on any atom is 0.308 e. The summed E-state index contributed by atoms with van der Waals surface area (Å²) in [5.41, 5.74) is 0. The molecule has 3 unspecified atom stereocenters. The standard InChI is InChI=1S/C57H111NO5/c1-7-13-18-21-31-39-48-55(59)58(49-12-6)54(46-37-29-24-22-26-32-40-50-62-56(60)52(42-17-11-5)44-35-20-15-9-3)47-38-30-25-23-27-33-41-51-63-57(61)53(43-34-16-10-4)45-36-28-19-14-8-2/h52-54H,7-51H2,1-6H3. The van der Waals surface area contributed by atoms with Gasteiger partial charge in [-0.1, -0.05) is 241 Å². The van der Waals surface area contributed by atoms with Crippen molar-refractivity contribution in [1.82, 2.24) is 4.90 Å². The number of hydrogen-bond acceptors (Lipinski definition) is 5. The van der Waals surface area contributed by atoms with Gasteiger partial charge in [0.2, 0.25) is 5.91 Å². The van der Waals surface area contributed by atoms with Gasteiger partial charge < -0.3 is 14.4 Å². The van der Waals surface area contributed by atoms with E-state index >= 15 is 0 Å². The fourth-order valence-electron chi connectivity index (χ4n) is 9.38. The van der Waals surface area contributed by atoms with Crippen molar-refractivity contribution in [2.75, 3.05) is 19.8 Å². The van der Waals surface area contributed by atoms with Gasteiger partial charge in [-0.3, -0.25) is 14.4 Å². The molecule has 0 radical (unpaired) electrons. The van der Waals surface area contributed by atoms with Crippen LogP contribution in [0.1, 0.15) is 311 Å². The Hall–Kier alpha value is -1.59. The van der Waals surface area contributed by atoms with Crippen LogP contribution in [0.4, 0.5) is 0 Å². The lowest BCUT2D eigenvalue weighted by Crippen LogP contribution is -2.41. The summed E-state index contributed by atoms with van der Waals surface area (Å²) in [5.74, 6) is 0.695. The van der Waals surface area contributed by atoms with Crippen LogP contribution in [0, 0.1) is 11.8 Å². The Kier molecular flexibility index (Phi) is 47.1. The molecule has 0 aliphatic rings. The second kappa shape index (κ2) is 48.3. The molecule has 0 saturated heterocycles. The van der Waals surface area contributed by atoms with E-state index in [2.05, 4.69) is 46.4 Å². The molecule has 0 bridgehead atoms. The molecule has 0 aromatic heterocycles. The van der Waals surface area contributed by atoms with Gasteiger partial charge in [0.25, 0.3) is 0 Å². The number of rotatable bonds is 50. The number of amides is 1. The minimum Gasteiger partial charge on any atom is -0.465 e. The minimum absolute atomic E-state index is 0.0491. The molecule has 3 atom stereocenters. The van der Waals surface area contributed by atoms with E-state index < -0.39 is 0 Å². The van der Waals surface area contributed by atoms with E-state index in [1.54, 1.807) is 0 Å². The summed E-state index contributed by atoms with van der Waals surface area (Å²) in [6.07, 6.45) is 48.7. The Balaban J connectivity index is 4.71. The van der Waals surface area contributed by atoms with Crippen LogP contribution in [-0.4, -0.2) is 48.5 Å². The number of unbranched alkanes of at least 4 members (excludes halogenated alkanes) is 27. The Bertz CT molecular complexity index is 986. The molecule has 0 aromatic rings. The molecule has 6 nitrogen and oxygen atoms in total. The van der Waals surface area contributed by atoms with Crippen molar-refractivity contribution >= 4 is 17.8 Å². The highest BCUT2D eigenvalue weighted by Crippen LogP contribution is 2.24. The van der Waals surface area contributed by atoms with Gasteiger partial charge in [-0.05, 0) is 64.2 Å². The van der Waals surface area contributed by atoms with Crippen molar-refractivity contribution in [3.8, 4) is 0 Å². The first kappa shape index (κ1) is 61.4. The lowest BCUT2D eigenvalue weighted by molar-refractivity contribution is -0.150. The van der Waals surface area contributed by atoms with Crippen LogP contribution < -0.4 is 0 Å². The van der Waals surface area contributed by atoms with Crippen LogP contribution in [0.15, 0.2) is 0 Å². The minimum atomic E-state index is 0.0491. The molecule has 374 valence electrons. The fraction of sp³-hybridized carbons (Fsp3) is 0.947. The van der Waals surface area contributed by atoms with Crippen LogP contribution in [0.2, 0.25) is 0 Å². The third kappa shape index (κ3) is 38.2. The number of esters is 2. The van der Waals surface area contributed by atoms with Crippen molar-refractivity contribution in [1.29, 1.82) is 0 Å². The van der Waals surface area contributed by atoms with Crippen LogP contribution in [0.3, 0.4) is 0 Å². The van der Waals surface area contributed by atoms with Crippen molar-refractivity contribution < 1.29 is 23.9 Å². The smallest absolute Gasteiger partial charge is 0.308 e. The molecule has 6 heteroatoms. The molecule has 0 heterocycles. The highest BCUT2D eigenvalue weighted by molar-refractivity contribution is 5.76. The van der Waals surface area contributed by atoms with Gasteiger partial charge in [0.1, 0.15) is 0 Å². The summed E-state index contributed by atoms with van der Waals surface area (Å²) in [5, 5.41) is 0. The van der Waals surface area contributed by atoms with E-state index in [1.165, 1.54) is 154 Å². The largest absolute Gasteiger partial charge is 0.465 e. The molecule has 0 N–H and O–H groups in total. The van der Waals surface area contributed by atoms with Gasteiger partial charge in [-0.25, -0.2) is 0 Å². The number of carbonyl (C=O) groups is 3. The fourth-order valence-corrected chi connectivity index (χ4v) is 9.38. The molecule has 0 aliphatic heterocycles. The zero-order valence-corrected chi connectivity index (χ0v) is 43.5. The van der Waals surface area contributed by atoms with E-state index in [0.29, 0.717) is 31.6 Å². The summed E-state index contributed by atoms with van der Waals surface area (Å²) in [4.78, 5) is 41.7. The van der Waals surface area contributed by atoms with E-state index in [0.717, 1.165) is 116 Å². The maximum absolute atomic E-state index is 13.7. The number of ether oxygens (including phenoxy) is 2. The number of nitrogens with zero attached hydrogens (tertiary/aromatic N) is 1. The van der Waals surface area contributed by atoms with E-state index in [-0.39, 0.29) is 23.8 Å². The predicted molar refractivity (Wildman–Crippen MR) is 272 cm³/mol. The topological polar surface area (TPSA) is 72.9 Å². The van der Waals surface area contributed by atoms with E-state index in [1.807, 2.05) is 0 Å². The van der Waals surface area contributed by atoms with E-state index in [9.17, 15) is 14.4 Å². The molecule has 0 aliphatic carbocycles. The Morgan fingerprint density at radius 3 is 1.05 bits per heavy atom. The molecular formula is C57H111NO5. The summed E-state index contributed by atoms with van der Waals surface area (Å²) >= 11 is 0. The summed E-state index contributed by atoms with van der Waals surface area (Å²) in [6, 6.07) is 0.372. The van der Waals surface area contributed by atoms with Gasteiger partial charge in [0, 0.05) is 19.0 Å². The highest BCUT2D eigenvalue weighted by Gasteiger charge is 2.23. The van der Waals surface area contributed by atoms with Gasteiger partial charge in [-0.2, -0.15) is 0 Å². The quantitative estimate of drug-likeness (QED) is 0.0449. The first-order chi connectivity index (χ1) is 30.9. The van der Waals surface area contributed by atoms with Crippen molar-refractivity contribution in [3.05, 3.63) is 0 Å². The normalized spacial score (nSPS) is 12.9. The molecular weight excluding hydrogens is 779 g/mol. The van der Waals surface area contributed by atoms with Gasteiger partial charge >= 0.3 is 11.9 Å². The monoisotopic (exact) mass is 890 g/mol. The summed E-state index contributed by atoms with van der Waals surface area (Å²) < 4.78 is 11.6. The second-order valence-corrected chi connectivity index (χ2v) is 19.7. The molecule has 1 amide bonds. The van der Waals surface area contributed by atoms with Gasteiger partial charge in [0.05, 0.1) is 25.0 Å². The number of carbonyl (C=O) groups excluding carboxylic acids is 3. The Morgan fingerprint density at radius 1 is 0.333 bits per heavy atom. The molecule has 0 saturated carbocycles. The van der Waals surface area contributed by atoms with Crippen LogP contribution in [0.5, 0.6) is 0 Å². The summed E-state index contributed by atoms with van der Waals surface area (Å²) in [7, 11) is 0. The SMILES string of the molecule is CCCCCCCCC(=O)N(CCC)C(CCCCCCCCCOC(=O)C(CCCC)CCCCCC)CCCCCCCCCOC(=O)C(CCCCC)CCCCCCC. The third-order valence-electron chi connectivity index (χ3n) is 13.6. The average Bonchev–Trinajstić information content (AvgIpc) is 3.28. The summed E-state index contributed by atoms with van der Waals surface area (Å²) in [6.45, 7) is 15.5. The first-order valence-electron chi connectivity index (χ1n) is 28.5. The maximum atomic E-state index is 13.7. The predicted octanol–water partition coefficient (Wildman–Crippen LogP) is 18.0. The zero-order valence-electron chi connectivity index (χ0n) is 43.5. The van der Waals surface area contributed by atoms with Crippen LogP contribution in [0.25, 0.3) is 0 Å². The third-order valence-corrected chi connectivity index (χ3v) is 13.6. The van der Waals surface area contributed by atoms with E-state index in [4.69, 9.17) is 9.47 Å². The first-order valence-corrected chi connectivity index (χ1v) is 28.5. The Morgan fingerprint density at radius 2 is 0.635 bits per heavy atom. The molecule has 63 heavy (non-hydrogen) atoms. The Labute approximate surface area is 394 Å².